The van der Waals surface area contributed by atoms with Crippen LogP contribution in [0.3, 0.4) is 0 Å². The average molecular weight is 347 g/mol. The molecule has 0 fully saturated rings. The zero-order chi connectivity index (χ0) is 19.1. The average Bonchev–Trinajstić information content (AvgIpc) is 2.68. The number of carbonyl (C=O) groups is 2. The second-order valence-electron chi connectivity index (χ2n) is 5.94. The smallest absolute Gasteiger partial charge is 0.261 e. The van der Waals surface area contributed by atoms with Gasteiger partial charge in [-0.1, -0.05) is 61.7 Å². The molecule has 1 aromatic rings. The van der Waals surface area contributed by atoms with Gasteiger partial charge in [0.05, 0.1) is 0 Å². The molecule has 0 aromatic heterocycles. The maximum Gasteiger partial charge on any atom is 0.261 e. The van der Waals surface area contributed by atoms with Gasteiger partial charge in [0.2, 0.25) is 0 Å². The molecule has 1 heterocycles. The minimum absolute atomic E-state index is 0.142. The number of benzene rings is 1. The Labute approximate surface area is 155 Å². The molecule has 3 nitrogen and oxygen atoms in total. The Kier molecular flexibility index (Phi) is 6.67. The molecular formula is C23H25NO2. The molecular weight excluding hydrogens is 322 g/mol. The van der Waals surface area contributed by atoms with Crippen molar-refractivity contribution in [2.24, 2.45) is 0 Å². The van der Waals surface area contributed by atoms with Crippen molar-refractivity contribution in [2.75, 3.05) is 6.54 Å². The van der Waals surface area contributed by atoms with Crippen LogP contribution in [0.2, 0.25) is 0 Å². The van der Waals surface area contributed by atoms with Gasteiger partial charge >= 0.3 is 0 Å². The molecule has 3 heteroatoms. The number of amides is 2. The van der Waals surface area contributed by atoms with E-state index in [2.05, 4.69) is 13.2 Å². The molecule has 134 valence electrons. The number of aryl methyl sites for hydroxylation is 1. The predicted octanol–water partition coefficient (Wildman–Crippen LogP) is 4.88. The zero-order valence-electron chi connectivity index (χ0n) is 15.5. The van der Waals surface area contributed by atoms with Crippen LogP contribution in [0.5, 0.6) is 0 Å². The van der Waals surface area contributed by atoms with Crippen molar-refractivity contribution < 1.29 is 9.59 Å². The summed E-state index contributed by atoms with van der Waals surface area (Å²) in [5.74, 6) is -0.300. The van der Waals surface area contributed by atoms with Crippen molar-refractivity contribution in [3.8, 4) is 0 Å². The molecule has 3 rings (SSSR count). The van der Waals surface area contributed by atoms with Crippen LogP contribution in [0.25, 0.3) is 5.57 Å². The minimum Gasteiger partial charge on any atom is -0.275 e. The topological polar surface area (TPSA) is 37.4 Å². The third-order valence-electron chi connectivity index (χ3n) is 4.44. The maximum atomic E-state index is 12.2. The van der Waals surface area contributed by atoms with E-state index >= 15 is 0 Å². The van der Waals surface area contributed by atoms with E-state index in [0.29, 0.717) is 17.7 Å². The summed E-state index contributed by atoms with van der Waals surface area (Å²) < 4.78 is 0. The largest absolute Gasteiger partial charge is 0.275 e. The molecule has 0 saturated heterocycles. The zero-order valence-corrected chi connectivity index (χ0v) is 15.5. The van der Waals surface area contributed by atoms with Gasteiger partial charge in [-0.25, -0.2) is 0 Å². The molecule has 2 aliphatic rings. The number of carbonyl (C=O) groups excluding carboxylic acids is 2. The van der Waals surface area contributed by atoms with Crippen LogP contribution in [-0.4, -0.2) is 23.3 Å². The van der Waals surface area contributed by atoms with Gasteiger partial charge in [-0.2, -0.15) is 0 Å². The molecule has 1 aromatic carbocycles. The lowest BCUT2D eigenvalue weighted by atomic mass is 9.84. The summed E-state index contributed by atoms with van der Waals surface area (Å²) in [5.41, 5.74) is 4.50. The lowest BCUT2D eigenvalue weighted by Gasteiger charge is -2.30. The summed E-state index contributed by atoms with van der Waals surface area (Å²) in [6.07, 6.45) is 13.1. The van der Waals surface area contributed by atoms with Gasteiger partial charge in [0, 0.05) is 23.2 Å². The van der Waals surface area contributed by atoms with E-state index in [1.54, 1.807) is 12.2 Å². The summed E-state index contributed by atoms with van der Waals surface area (Å²) in [6.45, 7) is 11.4. The van der Waals surface area contributed by atoms with Crippen LogP contribution in [0, 0.1) is 0 Å². The summed E-state index contributed by atoms with van der Waals surface area (Å²) in [7, 11) is 0. The molecule has 1 aliphatic heterocycles. The van der Waals surface area contributed by atoms with Gasteiger partial charge < -0.3 is 0 Å². The van der Waals surface area contributed by atoms with Crippen molar-refractivity contribution in [3.05, 3.63) is 90.1 Å². The Balaban J connectivity index is 0.000000232. The van der Waals surface area contributed by atoms with E-state index < -0.39 is 0 Å². The Bertz CT molecular complexity index is 825. The van der Waals surface area contributed by atoms with E-state index in [1.165, 1.54) is 4.90 Å². The minimum atomic E-state index is -0.159. The predicted molar refractivity (Wildman–Crippen MR) is 108 cm³/mol. The molecule has 2 amide bonds. The summed E-state index contributed by atoms with van der Waals surface area (Å²) in [4.78, 5) is 25.7. The fourth-order valence-corrected chi connectivity index (χ4v) is 3.10. The fourth-order valence-electron chi connectivity index (χ4n) is 3.10. The molecule has 0 N–H and O–H groups in total. The molecule has 0 atom stereocenters. The van der Waals surface area contributed by atoms with Crippen LogP contribution in [0.4, 0.5) is 0 Å². The second kappa shape index (κ2) is 8.95. The fraction of sp³-hybridized carbons (Fsp3) is 0.217. The van der Waals surface area contributed by atoms with E-state index in [-0.39, 0.29) is 11.8 Å². The lowest BCUT2D eigenvalue weighted by Crippen LogP contribution is -2.42. The van der Waals surface area contributed by atoms with Gasteiger partial charge in [0.1, 0.15) is 0 Å². The van der Waals surface area contributed by atoms with Gasteiger partial charge in [-0.15, -0.1) is 0 Å². The first kappa shape index (κ1) is 19.4. The van der Waals surface area contributed by atoms with Crippen LogP contribution in [0.1, 0.15) is 41.8 Å². The monoisotopic (exact) mass is 347 g/mol. The Morgan fingerprint density at radius 1 is 1.23 bits per heavy atom. The molecule has 0 radical (unpaired) electrons. The van der Waals surface area contributed by atoms with Crippen LogP contribution >= 0.6 is 0 Å². The Hall–Kier alpha value is -2.94. The molecule has 0 saturated carbocycles. The van der Waals surface area contributed by atoms with Crippen molar-refractivity contribution in [1.82, 2.24) is 4.90 Å². The Morgan fingerprint density at radius 3 is 2.62 bits per heavy atom. The van der Waals surface area contributed by atoms with Gasteiger partial charge in [-0.3, -0.25) is 14.5 Å². The second-order valence-corrected chi connectivity index (χ2v) is 5.94. The summed E-state index contributed by atoms with van der Waals surface area (Å²) in [5, 5.41) is 0. The van der Waals surface area contributed by atoms with E-state index in [9.17, 15) is 9.59 Å². The highest BCUT2D eigenvalue weighted by Gasteiger charge is 2.35. The van der Waals surface area contributed by atoms with E-state index in [1.807, 2.05) is 56.4 Å². The summed E-state index contributed by atoms with van der Waals surface area (Å²) in [6, 6.07) is 5.72. The number of likely N-dealkylation sites (N-methyl/N-ethyl adjacent to an activating group) is 1. The number of hydrogen-bond acceptors (Lipinski definition) is 2. The SMILES string of the molecule is C=C/C=C\C(C=C)=C/C.CCN1C(=O)C2=CCCc3cccc(c32)C1=O. The highest BCUT2D eigenvalue weighted by Crippen LogP contribution is 2.35. The van der Waals surface area contributed by atoms with Crippen molar-refractivity contribution in [1.29, 1.82) is 0 Å². The molecule has 1 aliphatic carbocycles. The van der Waals surface area contributed by atoms with Gasteiger partial charge in [-0.05, 0) is 43.9 Å². The number of rotatable bonds is 4. The van der Waals surface area contributed by atoms with Crippen molar-refractivity contribution in [3.63, 3.8) is 0 Å². The number of allylic oxidation sites excluding steroid dienone is 7. The van der Waals surface area contributed by atoms with Crippen LogP contribution < -0.4 is 0 Å². The normalized spacial score (nSPS) is 15.8. The lowest BCUT2D eigenvalue weighted by molar-refractivity contribution is -0.122. The van der Waals surface area contributed by atoms with Crippen LogP contribution in [-0.2, 0) is 11.2 Å². The number of hydrogen-bond donors (Lipinski definition) is 0. The van der Waals surface area contributed by atoms with Crippen molar-refractivity contribution in [2.45, 2.75) is 26.7 Å². The van der Waals surface area contributed by atoms with E-state index in [0.717, 1.165) is 29.5 Å². The van der Waals surface area contributed by atoms with Gasteiger partial charge in [0.15, 0.2) is 0 Å². The standard InChI is InChI=1S/C14H13NO2.C9H12/c1-2-15-13(16)10-7-3-5-9-6-4-8-11(12(9)10)14(15)17;1-4-7-8-9(5-2)6-3/h3,5,7-8H,2,4,6H2,1H3;4-8H,1-2H2,3H3/b;8-7-,9-6-. The number of imide groups is 1. The highest BCUT2D eigenvalue weighted by molar-refractivity contribution is 6.31. The first-order chi connectivity index (χ1) is 12.6. The quantitative estimate of drug-likeness (QED) is 0.575. The molecule has 0 bridgehead atoms. The first-order valence-corrected chi connectivity index (χ1v) is 8.85. The molecule has 0 spiro atoms. The first-order valence-electron chi connectivity index (χ1n) is 8.85. The van der Waals surface area contributed by atoms with Crippen LogP contribution in [0.15, 0.2) is 73.4 Å². The van der Waals surface area contributed by atoms with Crippen molar-refractivity contribution >= 4 is 17.4 Å². The highest BCUT2D eigenvalue weighted by atomic mass is 16.2. The molecule has 26 heavy (non-hydrogen) atoms. The summed E-state index contributed by atoms with van der Waals surface area (Å²) >= 11 is 0. The van der Waals surface area contributed by atoms with E-state index in [4.69, 9.17) is 0 Å². The third-order valence-corrected chi connectivity index (χ3v) is 4.44. The van der Waals surface area contributed by atoms with Gasteiger partial charge in [0.25, 0.3) is 11.8 Å². The Morgan fingerprint density at radius 2 is 2.00 bits per heavy atom. The number of nitrogens with zero attached hydrogens (tertiary/aromatic N) is 1. The maximum absolute atomic E-state index is 12.2. The molecule has 0 unspecified atom stereocenters. The third kappa shape index (κ3) is 3.83.